The summed E-state index contributed by atoms with van der Waals surface area (Å²) in [5.41, 5.74) is 0.718. The first-order chi connectivity index (χ1) is 10.8. The van der Waals surface area contributed by atoms with Gasteiger partial charge in [-0.15, -0.1) is 12.4 Å². The van der Waals surface area contributed by atoms with Gasteiger partial charge in [0.25, 0.3) is 5.91 Å². The standard InChI is InChI=1S/C17H19N3O2.ClH/c21-17(14-5-2-1-3-6-14)20-10-9-19-11-15(20)13-22-16-7-4-8-18-12-16;/h1-8,12,15,19H,9-11,13H2;1H. The fourth-order valence-corrected chi connectivity index (χ4v) is 2.55. The lowest BCUT2D eigenvalue weighted by Gasteiger charge is -2.36. The van der Waals surface area contributed by atoms with E-state index in [0.717, 1.165) is 24.4 Å². The predicted molar refractivity (Wildman–Crippen MR) is 91.1 cm³/mol. The molecule has 1 saturated heterocycles. The minimum Gasteiger partial charge on any atom is -0.490 e. The highest BCUT2D eigenvalue weighted by atomic mass is 35.5. The van der Waals surface area contributed by atoms with Crippen LogP contribution in [0.3, 0.4) is 0 Å². The number of carbonyl (C=O) groups is 1. The van der Waals surface area contributed by atoms with Gasteiger partial charge in [-0.2, -0.15) is 0 Å². The number of ether oxygens (including phenoxy) is 1. The quantitative estimate of drug-likeness (QED) is 0.929. The van der Waals surface area contributed by atoms with E-state index >= 15 is 0 Å². The summed E-state index contributed by atoms with van der Waals surface area (Å²) in [5, 5.41) is 3.32. The van der Waals surface area contributed by atoms with Crippen molar-refractivity contribution in [2.75, 3.05) is 26.2 Å². The highest BCUT2D eigenvalue weighted by Crippen LogP contribution is 2.13. The predicted octanol–water partition coefficient (Wildman–Crippen LogP) is 2.00. The van der Waals surface area contributed by atoms with Crippen LogP contribution in [0.2, 0.25) is 0 Å². The van der Waals surface area contributed by atoms with Crippen molar-refractivity contribution in [1.82, 2.24) is 15.2 Å². The van der Waals surface area contributed by atoms with Crippen LogP contribution in [0.1, 0.15) is 10.4 Å². The summed E-state index contributed by atoms with van der Waals surface area (Å²) >= 11 is 0. The zero-order chi connectivity index (χ0) is 15.2. The molecule has 0 radical (unpaired) electrons. The first-order valence-electron chi connectivity index (χ1n) is 7.44. The van der Waals surface area contributed by atoms with Crippen LogP contribution in [0.25, 0.3) is 0 Å². The van der Waals surface area contributed by atoms with Crippen molar-refractivity contribution in [1.29, 1.82) is 0 Å². The van der Waals surface area contributed by atoms with Crippen LogP contribution in [0.4, 0.5) is 0 Å². The number of pyridine rings is 1. The molecule has 5 nitrogen and oxygen atoms in total. The molecule has 0 bridgehead atoms. The first kappa shape index (κ1) is 17.2. The van der Waals surface area contributed by atoms with Crippen LogP contribution in [0.5, 0.6) is 5.75 Å². The Bertz CT molecular complexity index is 610. The van der Waals surface area contributed by atoms with Crippen LogP contribution >= 0.6 is 12.4 Å². The van der Waals surface area contributed by atoms with E-state index in [0.29, 0.717) is 13.2 Å². The fraction of sp³-hybridized carbons (Fsp3) is 0.294. The molecule has 0 saturated carbocycles. The summed E-state index contributed by atoms with van der Waals surface area (Å²) in [7, 11) is 0. The van der Waals surface area contributed by atoms with Crippen molar-refractivity contribution in [2.24, 2.45) is 0 Å². The van der Waals surface area contributed by atoms with Crippen LogP contribution in [-0.4, -0.2) is 48.1 Å². The second kappa shape index (κ2) is 8.50. The Hall–Kier alpha value is -2.11. The van der Waals surface area contributed by atoms with Gasteiger partial charge in [0.05, 0.1) is 12.2 Å². The molecule has 6 heteroatoms. The molecule has 3 rings (SSSR count). The molecule has 1 aromatic heterocycles. The number of amides is 1. The number of rotatable bonds is 4. The molecular formula is C17H20ClN3O2. The molecule has 1 unspecified atom stereocenters. The molecule has 1 atom stereocenters. The Morgan fingerprint density at radius 2 is 2.09 bits per heavy atom. The molecule has 1 amide bonds. The summed E-state index contributed by atoms with van der Waals surface area (Å²) < 4.78 is 5.77. The van der Waals surface area contributed by atoms with Gasteiger partial charge in [0.2, 0.25) is 0 Å². The van der Waals surface area contributed by atoms with E-state index in [2.05, 4.69) is 10.3 Å². The van der Waals surface area contributed by atoms with Crippen molar-refractivity contribution < 1.29 is 9.53 Å². The number of halogens is 1. The lowest BCUT2D eigenvalue weighted by molar-refractivity contribution is 0.0559. The smallest absolute Gasteiger partial charge is 0.254 e. The molecule has 1 aliphatic heterocycles. The van der Waals surface area contributed by atoms with E-state index in [1.54, 1.807) is 12.4 Å². The number of nitrogens with one attached hydrogen (secondary N) is 1. The molecule has 122 valence electrons. The summed E-state index contributed by atoms with van der Waals surface area (Å²) in [6, 6.07) is 13.1. The topological polar surface area (TPSA) is 54.5 Å². The highest BCUT2D eigenvalue weighted by molar-refractivity contribution is 5.94. The molecule has 1 fully saturated rings. The summed E-state index contributed by atoms with van der Waals surface area (Å²) in [5.74, 6) is 0.780. The van der Waals surface area contributed by atoms with Gasteiger partial charge in [0.1, 0.15) is 12.4 Å². The number of carbonyl (C=O) groups excluding carboxylic acids is 1. The number of piperazine rings is 1. The van der Waals surface area contributed by atoms with E-state index in [1.807, 2.05) is 47.4 Å². The van der Waals surface area contributed by atoms with Crippen molar-refractivity contribution in [2.45, 2.75) is 6.04 Å². The number of aromatic nitrogens is 1. The van der Waals surface area contributed by atoms with Crippen molar-refractivity contribution in [3.63, 3.8) is 0 Å². The Kier molecular flexibility index (Phi) is 6.38. The van der Waals surface area contributed by atoms with Gasteiger partial charge in [-0.05, 0) is 24.3 Å². The number of nitrogens with zero attached hydrogens (tertiary/aromatic N) is 2. The molecule has 2 heterocycles. The SMILES string of the molecule is Cl.O=C(c1ccccc1)N1CCNCC1COc1cccnc1. The van der Waals surface area contributed by atoms with Gasteiger partial charge in [0, 0.05) is 31.4 Å². The zero-order valence-corrected chi connectivity index (χ0v) is 13.5. The normalized spacial score (nSPS) is 17.2. The summed E-state index contributed by atoms with van der Waals surface area (Å²) in [6.07, 6.45) is 3.39. The third-order valence-electron chi connectivity index (χ3n) is 3.71. The lowest BCUT2D eigenvalue weighted by atomic mass is 10.1. The Morgan fingerprint density at radius 3 is 2.83 bits per heavy atom. The largest absolute Gasteiger partial charge is 0.490 e. The van der Waals surface area contributed by atoms with Crippen LogP contribution < -0.4 is 10.1 Å². The van der Waals surface area contributed by atoms with Crippen molar-refractivity contribution in [3.8, 4) is 5.75 Å². The molecule has 1 N–H and O–H groups in total. The summed E-state index contributed by atoms with van der Waals surface area (Å²) in [6.45, 7) is 2.69. The molecule has 0 spiro atoms. The van der Waals surface area contributed by atoms with E-state index in [9.17, 15) is 4.79 Å². The molecule has 2 aromatic rings. The molecule has 0 aliphatic carbocycles. The van der Waals surface area contributed by atoms with Gasteiger partial charge in [-0.1, -0.05) is 18.2 Å². The zero-order valence-electron chi connectivity index (χ0n) is 12.7. The molecule has 1 aromatic carbocycles. The van der Waals surface area contributed by atoms with E-state index in [-0.39, 0.29) is 24.4 Å². The highest BCUT2D eigenvalue weighted by Gasteiger charge is 2.27. The maximum absolute atomic E-state index is 12.7. The van der Waals surface area contributed by atoms with E-state index in [1.165, 1.54) is 0 Å². The molecular weight excluding hydrogens is 314 g/mol. The third kappa shape index (κ3) is 4.43. The Labute approximate surface area is 142 Å². The average molecular weight is 334 g/mol. The maximum Gasteiger partial charge on any atom is 0.254 e. The van der Waals surface area contributed by atoms with Gasteiger partial charge >= 0.3 is 0 Å². The lowest BCUT2D eigenvalue weighted by Crippen LogP contribution is -2.55. The minimum absolute atomic E-state index is 0. The average Bonchev–Trinajstić information content (AvgIpc) is 2.61. The second-order valence-corrected chi connectivity index (χ2v) is 5.22. The van der Waals surface area contributed by atoms with Crippen LogP contribution in [0.15, 0.2) is 54.9 Å². The fourth-order valence-electron chi connectivity index (χ4n) is 2.55. The minimum atomic E-state index is 0. The second-order valence-electron chi connectivity index (χ2n) is 5.22. The van der Waals surface area contributed by atoms with Crippen LogP contribution in [0, 0.1) is 0 Å². The third-order valence-corrected chi connectivity index (χ3v) is 3.71. The Balaban J connectivity index is 0.00000192. The summed E-state index contributed by atoms with van der Waals surface area (Å²) in [4.78, 5) is 18.6. The first-order valence-corrected chi connectivity index (χ1v) is 7.44. The maximum atomic E-state index is 12.7. The van der Waals surface area contributed by atoms with Gasteiger partial charge in [-0.25, -0.2) is 0 Å². The number of hydrogen-bond acceptors (Lipinski definition) is 4. The molecule has 23 heavy (non-hydrogen) atoms. The van der Waals surface area contributed by atoms with Crippen molar-refractivity contribution in [3.05, 3.63) is 60.4 Å². The van der Waals surface area contributed by atoms with Crippen molar-refractivity contribution >= 4 is 18.3 Å². The van der Waals surface area contributed by atoms with Crippen LogP contribution in [-0.2, 0) is 0 Å². The van der Waals surface area contributed by atoms with E-state index < -0.39 is 0 Å². The number of benzene rings is 1. The van der Waals surface area contributed by atoms with E-state index in [4.69, 9.17) is 4.74 Å². The van der Waals surface area contributed by atoms with Gasteiger partial charge in [0.15, 0.2) is 0 Å². The molecule has 1 aliphatic rings. The van der Waals surface area contributed by atoms with Gasteiger partial charge < -0.3 is 15.0 Å². The van der Waals surface area contributed by atoms with Gasteiger partial charge in [-0.3, -0.25) is 9.78 Å². The monoisotopic (exact) mass is 333 g/mol. The Morgan fingerprint density at radius 1 is 1.26 bits per heavy atom. The number of hydrogen-bond donors (Lipinski definition) is 1.